The van der Waals surface area contributed by atoms with Crippen molar-refractivity contribution in [1.29, 1.82) is 0 Å². The third-order valence-electron chi connectivity index (χ3n) is 5.42. The van der Waals surface area contributed by atoms with Gasteiger partial charge in [-0.3, -0.25) is 4.99 Å². The highest BCUT2D eigenvalue weighted by molar-refractivity contribution is 7.89. The average molecular weight is 459 g/mol. The molecule has 1 heterocycles. The fraction of sp³-hybridized carbons (Fsp3) is 0.208. The summed E-state index contributed by atoms with van der Waals surface area (Å²) < 4.78 is 68.4. The first kappa shape index (κ1) is 22.2. The zero-order valence-corrected chi connectivity index (χ0v) is 18.3. The van der Waals surface area contributed by atoms with E-state index < -0.39 is 32.2 Å². The van der Waals surface area contributed by atoms with Crippen LogP contribution in [-0.2, 0) is 28.2 Å². The Balaban J connectivity index is 1.68. The van der Waals surface area contributed by atoms with Gasteiger partial charge >= 0.3 is 6.18 Å². The van der Waals surface area contributed by atoms with Crippen LogP contribution in [0, 0.1) is 0 Å². The summed E-state index contributed by atoms with van der Waals surface area (Å²) in [7, 11) is -4.45. The lowest BCUT2D eigenvalue weighted by molar-refractivity contribution is -0.139. The molecule has 0 amide bonds. The van der Waals surface area contributed by atoms with Crippen LogP contribution < -0.4 is 4.72 Å². The van der Waals surface area contributed by atoms with Gasteiger partial charge in [-0.1, -0.05) is 42.5 Å². The second-order valence-electron chi connectivity index (χ2n) is 8.16. The fourth-order valence-corrected chi connectivity index (χ4v) is 5.38. The molecular formula is C24H21F3N2O2S. The molecule has 0 bridgehead atoms. The van der Waals surface area contributed by atoms with Crippen molar-refractivity contribution in [2.75, 3.05) is 0 Å². The van der Waals surface area contributed by atoms with Crippen molar-refractivity contribution >= 4 is 21.9 Å². The van der Waals surface area contributed by atoms with Gasteiger partial charge in [0.2, 0.25) is 10.0 Å². The Labute approximate surface area is 184 Å². The van der Waals surface area contributed by atoms with Crippen molar-refractivity contribution in [1.82, 2.24) is 4.72 Å². The Bertz CT molecular complexity index is 1310. The smallest absolute Gasteiger partial charge is 0.261 e. The van der Waals surface area contributed by atoms with Crippen LogP contribution >= 0.6 is 0 Å². The molecule has 1 aliphatic heterocycles. The maximum absolute atomic E-state index is 13.4. The molecule has 166 valence electrons. The van der Waals surface area contributed by atoms with Crippen LogP contribution in [0.15, 0.2) is 76.6 Å². The minimum Gasteiger partial charge on any atom is -0.261 e. The Kier molecular flexibility index (Phi) is 5.46. The maximum atomic E-state index is 13.4. The molecule has 0 spiro atoms. The Morgan fingerprint density at radius 3 is 2.38 bits per heavy atom. The van der Waals surface area contributed by atoms with E-state index in [1.54, 1.807) is 26.0 Å². The van der Waals surface area contributed by atoms with E-state index in [-0.39, 0.29) is 0 Å². The number of sulfonamides is 1. The molecule has 0 saturated heterocycles. The molecule has 3 aromatic rings. The maximum Gasteiger partial charge on any atom is 0.417 e. The molecular weight excluding hydrogens is 437 g/mol. The predicted molar refractivity (Wildman–Crippen MR) is 119 cm³/mol. The van der Waals surface area contributed by atoms with Crippen LogP contribution in [0.2, 0.25) is 0 Å². The lowest BCUT2D eigenvalue weighted by atomic mass is 9.92. The number of nitrogens with one attached hydrogen (secondary N) is 1. The molecule has 0 aromatic heterocycles. The third-order valence-corrected chi connectivity index (χ3v) is 7.13. The normalized spacial score (nSPS) is 13.9. The SMILES string of the molecule is CC(C)(NS(=O)(=O)c1ccccc1C(F)(F)F)c1cccc(-c2ccc3c(c2)N=CC3)c1. The quantitative estimate of drug-likeness (QED) is 0.522. The van der Waals surface area contributed by atoms with Gasteiger partial charge in [0, 0.05) is 12.6 Å². The van der Waals surface area contributed by atoms with Crippen LogP contribution in [0.4, 0.5) is 18.9 Å². The summed E-state index contributed by atoms with van der Waals surface area (Å²) in [5.41, 5.74) is 2.07. The zero-order valence-electron chi connectivity index (χ0n) is 17.4. The molecule has 1 aliphatic rings. The van der Waals surface area contributed by atoms with Crippen molar-refractivity contribution in [3.8, 4) is 11.1 Å². The minimum absolute atomic E-state index is 0.618. The Morgan fingerprint density at radius 2 is 1.62 bits per heavy atom. The number of benzene rings is 3. The second kappa shape index (κ2) is 7.86. The van der Waals surface area contributed by atoms with E-state index >= 15 is 0 Å². The van der Waals surface area contributed by atoms with Gasteiger partial charge in [0.1, 0.15) is 0 Å². The van der Waals surface area contributed by atoms with Crippen molar-refractivity contribution in [3.05, 3.63) is 83.4 Å². The van der Waals surface area contributed by atoms with Crippen molar-refractivity contribution in [2.45, 2.75) is 36.9 Å². The van der Waals surface area contributed by atoms with Crippen LogP contribution in [0.5, 0.6) is 0 Å². The number of nitrogens with zero attached hydrogens (tertiary/aromatic N) is 1. The van der Waals surface area contributed by atoms with E-state index in [1.165, 1.54) is 6.07 Å². The van der Waals surface area contributed by atoms with E-state index in [4.69, 9.17) is 0 Å². The number of alkyl halides is 3. The summed E-state index contributed by atoms with van der Waals surface area (Å²) in [4.78, 5) is 3.56. The topological polar surface area (TPSA) is 58.5 Å². The number of aliphatic imine (C=N–C) groups is 1. The lowest BCUT2D eigenvalue weighted by Gasteiger charge is -2.28. The van der Waals surface area contributed by atoms with Crippen molar-refractivity contribution in [3.63, 3.8) is 0 Å². The molecule has 0 saturated carbocycles. The molecule has 0 radical (unpaired) electrons. The zero-order chi connectivity index (χ0) is 23.1. The van der Waals surface area contributed by atoms with E-state index in [1.807, 2.05) is 36.5 Å². The average Bonchev–Trinajstić information content (AvgIpc) is 3.20. The highest BCUT2D eigenvalue weighted by atomic mass is 32.2. The highest BCUT2D eigenvalue weighted by Crippen LogP contribution is 2.36. The predicted octanol–water partition coefficient (Wildman–Crippen LogP) is 5.84. The van der Waals surface area contributed by atoms with Gasteiger partial charge in [0.05, 0.1) is 21.7 Å². The third kappa shape index (κ3) is 4.33. The van der Waals surface area contributed by atoms with E-state index in [2.05, 4.69) is 9.71 Å². The van der Waals surface area contributed by atoms with E-state index in [0.29, 0.717) is 5.56 Å². The van der Waals surface area contributed by atoms with Crippen LogP contribution in [0.1, 0.15) is 30.5 Å². The van der Waals surface area contributed by atoms with Gasteiger partial charge in [-0.15, -0.1) is 0 Å². The Morgan fingerprint density at radius 1 is 0.906 bits per heavy atom. The second-order valence-corrected chi connectivity index (χ2v) is 9.82. The summed E-state index contributed by atoms with van der Waals surface area (Å²) in [6, 6.07) is 17.4. The molecule has 0 aliphatic carbocycles. The summed E-state index contributed by atoms with van der Waals surface area (Å²) >= 11 is 0. The van der Waals surface area contributed by atoms with Crippen LogP contribution in [-0.4, -0.2) is 14.6 Å². The first-order chi connectivity index (χ1) is 15.0. The number of hydrogen-bond acceptors (Lipinski definition) is 3. The van der Waals surface area contributed by atoms with Crippen molar-refractivity contribution in [2.24, 2.45) is 4.99 Å². The number of rotatable bonds is 5. The molecule has 4 rings (SSSR count). The molecule has 4 nitrogen and oxygen atoms in total. The first-order valence-corrected chi connectivity index (χ1v) is 11.4. The number of fused-ring (bicyclic) bond motifs is 1. The van der Waals surface area contributed by atoms with Gasteiger partial charge in [-0.2, -0.15) is 13.2 Å². The Hall–Kier alpha value is -2.97. The number of hydrogen-bond donors (Lipinski definition) is 1. The summed E-state index contributed by atoms with van der Waals surface area (Å²) in [6.07, 6.45) is -2.14. The van der Waals surface area contributed by atoms with E-state index in [9.17, 15) is 21.6 Å². The van der Waals surface area contributed by atoms with Gasteiger partial charge in [0.25, 0.3) is 0 Å². The van der Waals surface area contributed by atoms with Gasteiger partial charge in [-0.25, -0.2) is 13.1 Å². The molecule has 3 aromatic carbocycles. The molecule has 1 N–H and O–H groups in total. The monoisotopic (exact) mass is 458 g/mol. The fourth-order valence-electron chi connectivity index (χ4n) is 3.75. The molecule has 0 fully saturated rings. The lowest BCUT2D eigenvalue weighted by Crippen LogP contribution is -2.41. The van der Waals surface area contributed by atoms with Gasteiger partial charge in [0.15, 0.2) is 0 Å². The van der Waals surface area contributed by atoms with Gasteiger partial charge < -0.3 is 0 Å². The van der Waals surface area contributed by atoms with Crippen LogP contribution in [0.3, 0.4) is 0 Å². The largest absolute Gasteiger partial charge is 0.417 e. The highest BCUT2D eigenvalue weighted by Gasteiger charge is 2.38. The minimum atomic E-state index is -4.79. The van der Waals surface area contributed by atoms with Crippen molar-refractivity contribution < 1.29 is 21.6 Å². The molecule has 0 unspecified atom stereocenters. The van der Waals surface area contributed by atoms with Crippen LogP contribution in [0.25, 0.3) is 11.1 Å². The first-order valence-electron chi connectivity index (χ1n) is 9.94. The van der Waals surface area contributed by atoms with E-state index in [0.717, 1.165) is 47.0 Å². The number of halogens is 3. The summed E-state index contributed by atoms with van der Waals surface area (Å²) in [5, 5.41) is 0. The molecule has 32 heavy (non-hydrogen) atoms. The van der Waals surface area contributed by atoms with Gasteiger partial charge in [-0.05, 0) is 60.4 Å². The standard InChI is InChI=1S/C24H21F3N2O2S/c1-23(2,29-32(30,31)22-9-4-3-8-20(22)24(25,26)27)19-7-5-6-17(14-19)18-11-10-16-12-13-28-21(16)15-18/h3-11,13-15,29H,12H2,1-2H3. The molecule has 8 heteroatoms. The molecule has 0 atom stereocenters. The summed E-state index contributed by atoms with van der Waals surface area (Å²) in [6.45, 7) is 3.24. The summed E-state index contributed by atoms with van der Waals surface area (Å²) in [5.74, 6) is 0.